The number of benzene rings is 3. The highest BCUT2D eigenvalue weighted by molar-refractivity contribution is 7.99. The molecule has 3 aromatic carbocycles. The van der Waals surface area contributed by atoms with E-state index >= 15 is 0 Å². The van der Waals surface area contributed by atoms with Crippen LogP contribution in [0, 0.1) is 5.82 Å². The topological polar surface area (TPSA) is 63.1 Å². The van der Waals surface area contributed by atoms with Gasteiger partial charge in [0.1, 0.15) is 5.82 Å². The quantitative estimate of drug-likeness (QED) is 0.331. The summed E-state index contributed by atoms with van der Waals surface area (Å²) in [6, 6.07) is 20.3. The van der Waals surface area contributed by atoms with Crippen LogP contribution in [0.1, 0.15) is 38.1 Å². The zero-order valence-electron chi connectivity index (χ0n) is 19.7. The van der Waals surface area contributed by atoms with Crippen LogP contribution < -0.4 is 5.32 Å². The zero-order valence-corrected chi connectivity index (χ0v) is 20.5. The molecular weight excluding hydrogens is 461 g/mol. The van der Waals surface area contributed by atoms with Crippen molar-refractivity contribution in [1.82, 2.24) is 19.7 Å². The summed E-state index contributed by atoms with van der Waals surface area (Å²) in [6.45, 7) is 4.18. The van der Waals surface area contributed by atoms with E-state index in [0.717, 1.165) is 41.1 Å². The van der Waals surface area contributed by atoms with E-state index in [-0.39, 0.29) is 23.5 Å². The number of nitrogens with zero attached hydrogens (tertiary/aromatic N) is 4. The number of carbonyl (C=O) groups is 1. The number of fused-ring (bicyclic) bond motifs is 1. The summed E-state index contributed by atoms with van der Waals surface area (Å²) in [5.41, 5.74) is 1.54. The van der Waals surface area contributed by atoms with Gasteiger partial charge in [-0.05, 0) is 80.0 Å². The molecule has 5 rings (SSSR count). The van der Waals surface area contributed by atoms with Crippen LogP contribution in [-0.4, -0.2) is 44.4 Å². The summed E-state index contributed by atoms with van der Waals surface area (Å²) in [7, 11) is 0. The van der Waals surface area contributed by atoms with Crippen LogP contribution in [0.4, 0.5) is 10.1 Å². The Kier molecular flexibility index (Phi) is 7.11. The van der Waals surface area contributed by atoms with Gasteiger partial charge in [-0.3, -0.25) is 14.3 Å². The van der Waals surface area contributed by atoms with Gasteiger partial charge in [-0.25, -0.2) is 4.39 Å². The Morgan fingerprint density at radius 2 is 1.74 bits per heavy atom. The molecule has 1 saturated heterocycles. The predicted molar refractivity (Wildman–Crippen MR) is 138 cm³/mol. The predicted octanol–water partition coefficient (Wildman–Crippen LogP) is 5.84. The molecule has 4 aromatic rings. The highest BCUT2D eigenvalue weighted by Crippen LogP contribution is 2.29. The van der Waals surface area contributed by atoms with Gasteiger partial charge in [0.2, 0.25) is 5.91 Å². The smallest absolute Gasteiger partial charge is 0.234 e. The van der Waals surface area contributed by atoms with Gasteiger partial charge in [-0.1, -0.05) is 48.5 Å². The second kappa shape index (κ2) is 10.6. The number of aromatic nitrogens is 3. The average molecular weight is 490 g/mol. The number of rotatable bonds is 7. The third-order valence-corrected chi connectivity index (χ3v) is 7.35. The minimum atomic E-state index is -0.295. The number of hydrogen-bond donors (Lipinski definition) is 1. The van der Waals surface area contributed by atoms with Crippen molar-refractivity contribution < 1.29 is 9.18 Å². The summed E-state index contributed by atoms with van der Waals surface area (Å²) in [6.07, 6.45) is 3.60. The molecule has 35 heavy (non-hydrogen) atoms. The van der Waals surface area contributed by atoms with Crippen molar-refractivity contribution in [3.05, 3.63) is 78.4 Å². The molecule has 1 aromatic heterocycles. The molecule has 0 radical (unpaired) electrons. The summed E-state index contributed by atoms with van der Waals surface area (Å²) < 4.78 is 15.6. The van der Waals surface area contributed by atoms with Crippen LogP contribution >= 0.6 is 11.8 Å². The molecule has 0 bridgehead atoms. The molecule has 1 N–H and O–H groups in total. The van der Waals surface area contributed by atoms with Gasteiger partial charge in [0.05, 0.1) is 11.8 Å². The molecule has 1 atom stereocenters. The van der Waals surface area contributed by atoms with Crippen molar-refractivity contribution >= 4 is 34.1 Å². The van der Waals surface area contributed by atoms with Gasteiger partial charge in [-0.15, -0.1) is 10.2 Å². The number of halogens is 1. The van der Waals surface area contributed by atoms with Crippen LogP contribution in [0.5, 0.6) is 0 Å². The van der Waals surface area contributed by atoms with Crippen molar-refractivity contribution in [2.24, 2.45) is 0 Å². The summed E-state index contributed by atoms with van der Waals surface area (Å²) >= 11 is 1.33. The largest absolute Gasteiger partial charge is 0.325 e. The van der Waals surface area contributed by atoms with Crippen LogP contribution in [0.15, 0.2) is 71.9 Å². The van der Waals surface area contributed by atoms with Crippen LogP contribution in [-0.2, 0) is 4.79 Å². The molecule has 0 spiro atoms. The molecule has 1 aliphatic rings. The number of thioether (sulfide) groups is 1. The van der Waals surface area contributed by atoms with E-state index in [9.17, 15) is 9.18 Å². The molecular formula is C27H28FN5OS. The molecule has 1 fully saturated rings. The van der Waals surface area contributed by atoms with Crippen molar-refractivity contribution in [2.45, 2.75) is 37.4 Å². The summed E-state index contributed by atoms with van der Waals surface area (Å²) in [4.78, 5) is 15.2. The van der Waals surface area contributed by atoms with E-state index in [1.165, 1.54) is 43.2 Å². The fraction of sp³-hybridized carbons (Fsp3) is 0.296. The molecule has 0 saturated carbocycles. The van der Waals surface area contributed by atoms with Crippen molar-refractivity contribution in [1.29, 1.82) is 0 Å². The van der Waals surface area contributed by atoms with E-state index in [4.69, 9.17) is 0 Å². The second-order valence-electron chi connectivity index (χ2n) is 8.82. The van der Waals surface area contributed by atoms with E-state index in [2.05, 4.69) is 27.3 Å². The lowest BCUT2D eigenvalue weighted by Crippen LogP contribution is -2.33. The van der Waals surface area contributed by atoms with Gasteiger partial charge < -0.3 is 5.32 Å². The standard InChI is InChI=1S/C27H28FN5OS/c1-19(32-15-5-2-6-16-32)26-30-31-27(33(26)24-13-10-22(28)11-14-24)35-18-25(34)29-23-12-9-20-7-3-4-8-21(20)17-23/h3-4,7-14,17,19H,2,5-6,15-16,18H2,1H3,(H,29,34). The zero-order chi connectivity index (χ0) is 24.2. The van der Waals surface area contributed by atoms with Crippen molar-refractivity contribution in [3.63, 3.8) is 0 Å². The maximum absolute atomic E-state index is 13.6. The Bertz CT molecular complexity index is 1320. The molecule has 0 aliphatic carbocycles. The van der Waals surface area contributed by atoms with Gasteiger partial charge >= 0.3 is 0 Å². The molecule has 2 heterocycles. The maximum atomic E-state index is 13.6. The minimum absolute atomic E-state index is 0.0635. The fourth-order valence-corrected chi connectivity index (χ4v) is 5.30. The minimum Gasteiger partial charge on any atom is -0.325 e. The Morgan fingerprint density at radius 1 is 1.00 bits per heavy atom. The first-order chi connectivity index (χ1) is 17.1. The first-order valence-corrected chi connectivity index (χ1v) is 12.9. The Hall–Kier alpha value is -3.23. The third-order valence-electron chi connectivity index (χ3n) is 6.42. The first kappa shape index (κ1) is 23.5. The lowest BCUT2D eigenvalue weighted by molar-refractivity contribution is -0.113. The Labute approximate surface area is 208 Å². The number of carbonyl (C=O) groups excluding carboxylic acids is 1. The Balaban J connectivity index is 1.34. The number of hydrogen-bond acceptors (Lipinski definition) is 5. The lowest BCUT2D eigenvalue weighted by atomic mass is 10.1. The third kappa shape index (κ3) is 5.39. The van der Waals surface area contributed by atoms with Crippen molar-refractivity contribution in [2.75, 3.05) is 24.2 Å². The van der Waals surface area contributed by atoms with Crippen LogP contribution in [0.3, 0.4) is 0 Å². The number of anilines is 1. The van der Waals surface area contributed by atoms with Crippen LogP contribution in [0.25, 0.3) is 16.5 Å². The number of nitrogens with one attached hydrogen (secondary N) is 1. The number of likely N-dealkylation sites (tertiary alicyclic amines) is 1. The second-order valence-corrected chi connectivity index (χ2v) is 9.77. The van der Waals surface area contributed by atoms with Gasteiger partial charge in [0.25, 0.3) is 0 Å². The molecule has 6 nitrogen and oxygen atoms in total. The summed E-state index contributed by atoms with van der Waals surface area (Å²) in [5.74, 6) is 0.571. The van der Waals surface area contributed by atoms with Gasteiger partial charge in [-0.2, -0.15) is 0 Å². The van der Waals surface area contributed by atoms with E-state index in [1.54, 1.807) is 12.1 Å². The highest BCUT2D eigenvalue weighted by atomic mass is 32.2. The monoisotopic (exact) mass is 489 g/mol. The van der Waals surface area contributed by atoms with Crippen molar-refractivity contribution in [3.8, 4) is 5.69 Å². The van der Waals surface area contributed by atoms with E-state index in [1.807, 2.05) is 47.0 Å². The molecule has 1 unspecified atom stereocenters. The highest BCUT2D eigenvalue weighted by Gasteiger charge is 2.26. The molecule has 8 heteroatoms. The van der Waals surface area contributed by atoms with Crippen LogP contribution in [0.2, 0.25) is 0 Å². The lowest BCUT2D eigenvalue weighted by Gasteiger charge is -2.31. The maximum Gasteiger partial charge on any atom is 0.234 e. The van der Waals surface area contributed by atoms with Gasteiger partial charge in [0, 0.05) is 11.4 Å². The summed E-state index contributed by atoms with van der Waals surface area (Å²) in [5, 5.41) is 14.7. The molecule has 1 aliphatic heterocycles. The first-order valence-electron chi connectivity index (χ1n) is 12.0. The SMILES string of the molecule is CC(c1nnc(SCC(=O)Nc2ccc3ccccc3c2)n1-c1ccc(F)cc1)N1CCCCC1. The average Bonchev–Trinajstić information content (AvgIpc) is 3.32. The molecule has 1 amide bonds. The molecule has 180 valence electrons. The Morgan fingerprint density at radius 3 is 2.51 bits per heavy atom. The van der Waals surface area contributed by atoms with E-state index in [0.29, 0.717) is 5.16 Å². The normalized spacial score (nSPS) is 15.3. The number of piperidine rings is 1. The fourth-order valence-electron chi connectivity index (χ4n) is 4.54. The van der Waals surface area contributed by atoms with Gasteiger partial charge in [0.15, 0.2) is 11.0 Å². The number of amides is 1. The van der Waals surface area contributed by atoms with E-state index < -0.39 is 0 Å².